The van der Waals surface area contributed by atoms with Crippen molar-refractivity contribution in [1.29, 1.82) is 0 Å². The average molecular weight is 531 g/mol. The van der Waals surface area contributed by atoms with Gasteiger partial charge in [-0.1, -0.05) is 199 Å². The summed E-state index contributed by atoms with van der Waals surface area (Å²) in [7, 11) is 0. The van der Waals surface area contributed by atoms with Crippen molar-refractivity contribution >= 4 is 0 Å². The molecule has 0 amide bonds. The first-order valence-corrected chi connectivity index (χ1v) is 18.2. The summed E-state index contributed by atoms with van der Waals surface area (Å²) < 4.78 is 0. The number of allylic oxidation sites excluding steroid dienone is 4. The van der Waals surface area contributed by atoms with E-state index >= 15 is 0 Å². The fourth-order valence-corrected chi connectivity index (χ4v) is 5.64. The second-order valence-corrected chi connectivity index (χ2v) is 12.4. The molecule has 0 atom stereocenters. The van der Waals surface area contributed by atoms with Gasteiger partial charge in [0.15, 0.2) is 0 Å². The fourth-order valence-electron chi connectivity index (χ4n) is 5.64. The summed E-state index contributed by atoms with van der Waals surface area (Å²) in [6.07, 6.45) is 51.5. The molecule has 0 nitrogen and oxygen atoms in total. The highest BCUT2D eigenvalue weighted by Crippen LogP contribution is 2.19. The number of unbranched alkanes of at least 4 members (excludes halogenated alkanes) is 26. The maximum Gasteiger partial charge on any atom is -0.0139 e. The third-order valence-corrected chi connectivity index (χ3v) is 8.36. The van der Waals surface area contributed by atoms with E-state index in [-0.39, 0.29) is 0 Å². The van der Waals surface area contributed by atoms with Crippen LogP contribution in [0.15, 0.2) is 23.8 Å². The largest absolute Gasteiger partial charge is 0.0882 e. The fraction of sp³-hybridized carbons (Fsp3) is 0.895. The number of rotatable bonds is 32. The minimum Gasteiger partial charge on any atom is -0.0882 e. The predicted octanol–water partition coefficient (Wildman–Crippen LogP) is 14.6. The van der Waals surface area contributed by atoms with Crippen LogP contribution in [0.2, 0.25) is 0 Å². The molecule has 0 aliphatic rings. The van der Waals surface area contributed by atoms with Crippen molar-refractivity contribution in [3.8, 4) is 0 Å². The zero-order valence-electron chi connectivity index (χ0n) is 27.2. The van der Waals surface area contributed by atoms with Gasteiger partial charge in [0.1, 0.15) is 0 Å². The molecule has 0 aliphatic carbocycles. The molecule has 0 spiro atoms. The maximum absolute atomic E-state index is 2.61. The minimum atomic E-state index is 1.21. The Bertz CT molecular complexity index is 470. The van der Waals surface area contributed by atoms with E-state index in [0.29, 0.717) is 0 Å². The summed E-state index contributed by atoms with van der Waals surface area (Å²) in [6.45, 7) is 6.92. The monoisotopic (exact) mass is 531 g/mol. The van der Waals surface area contributed by atoms with E-state index in [4.69, 9.17) is 0 Å². The Morgan fingerprint density at radius 3 is 1.13 bits per heavy atom. The molecule has 0 heterocycles. The summed E-state index contributed by atoms with van der Waals surface area (Å²) in [6, 6.07) is 0. The van der Waals surface area contributed by atoms with Crippen molar-refractivity contribution in [3.63, 3.8) is 0 Å². The predicted molar refractivity (Wildman–Crippen MR) is 177 cm³/mol. The smallest absolute Gasteiger partial charge is 0.0139 e. The average Bonchev–Trinajstić information content (AvgIpc) is 2.93. The topological polar surface area (TPSA) is 0 Å². The lowest BCUT2D eigenvalue weighted by Gasteiger charge is -2.07. The molecular formula is C38H74. The van der Waals surface area contributed by atoms with E-state index in [9.17, 15) is 0 Å². The molecule has 0 saturated heterocycles. The Morgan fingerprint density at radius 2 is 0.684 bits per heavy atom. The number of hydrogen-bond acceptors (Lipinski definition) is 0. The first-order valence-electron chi connectivity index (χ1n) is 18.2. The van der Waals surface area contributed by atoms with Crippen molar-refractivity contribution in [2.45, 2.75) is 220 Å². The van der Waals surface area contributed by atoms with Crippen molar-refractivity contribution in [2.75, 3.05) is 0 Å². The molecule has 0 radical (unpaired) electrons. The van der Waals surface area contributed by atoms with Gasteiger partial charge < -0.3 is 0 Å². The molecular weight excluding hydrogens is 456 g/mol. The molecule has 0 aromatic carbocycles. The van der Waals surface area contributed by atoms with Crippen LogP contribution >= 0.6 is 0 Å². The quantitative estimate of drug-likeness (QED) is 0.0599. The van der Waals surface area contributed by atoms with Crippen LogP contribution in [0.25, 0.3) is 0 Å². The van der Waals surface area contributed by atoms with Gasteiger partial charge in [-0.3, -0.25) is 0 Å². The van der Waals surface area contributed by atoms with E-state index < -0.39 is 0 Å². The third-order valence-electron chi connectivity index (χ3n) is 8.36. The maximum atomic E-state index is 2.61. The van der Waals surface area contributed by atoms with Crippen LogP contribution in [0.4, 0.5) is 0 Å². The van der Waals surface area contributed by atoms with E-state index in [1.807, 2.05) is 0 Å². The Hall–Kier alpha value is -0.520. The minimum absolute atomic E-state index is 1.21. The van der Waals surface area contributed by atoms with E-state index in [2.05, 4.69) is 39.0 Å². The van der Waals surface area contributed by atoms with Crippen molar-refractivity contribution in [1.82, 2.24) is 0 Å². The zero-order chi connectivity index (χ0) is 27.6. The highest BCUT2D eigenvalue weighted by molar-refractivity contribution is 5.07. The van der Waals surface area contributed by atoms with Crippen LogP contribution in [0, 0.1) is 0 Å². The summed E-state index contributed by atoms with van der Waals surface area (Å²) in [5.74, 6) is 0. The Balaban J connectivity index is 3.73. The molecule has 0 aliphatic heterocycles. The van der Waals surface area contributed by atoms with Gasteiger partial charge in [0, 0.05) is 0 Å². The molecule has 0 unspecified atom stereocenters. The van der Waals surface area contributed by atoms with Gasteiger partial charge in [-0.25, -0.2) is 0 Å². The van der Waals surface area contributed by atoms with Crippen LogP contribution in [0.1, 0.15) is 220 Å². The van der Waals surface area contributed by atoms with E-state index in [1.165, 1.54) is 199 Å². The highest BCUT2D eigenvalue weighted by Gasteiger charge is 1.99. The molecule has 0 heteroatoms. The molecule has 0 N–H and O–H groups in total. The van der Waals surface area contributed by atoms with Crippen molar-refractivity contribution in [3.05, 3.63) is 23.8 Å². The van der Waals surface area contributed by atoms with Gasteiger partial charge in [0.2, 0.25) is 0 Å². The molecule has 0 rings (SSSR count). The van der Waals surface area contributed by atoms with E-state index in [1.54, 1.807) is 5.57 Å². The van der Waals surface area contributed by atoms with Crippen LogP contribution in [-0.2, 0) is 0 Å². The third kappa shape index (κ3) is 31.7. The molecule has 0 fully saturated rings. The lowest BCUT2D eigenvalue weighted by Crippen LogP contribution is -1.87. The zero-order valence-corrected chi connectivity index (χ0v) is 27.2. The van der Waals surface area contributed by atoms with Crippen LogP contribution in [0.5, 0.6) is 0 Å². The van der Waals surface area contributed by atoms with Gasteiger partial charge >= 0.3 is 0 Å². The van der Waals surface area contributed by atoms with Gasteiger partial charge in [-0.05, 0) is 44.9 Å². The van der Waals surface area contributed by atoms with Crippen molar-refractivity contribution < 1.29 is 0 Å². The van der Waals surface area contributed by atoms with Crippen LogP contribution in [0.3, 0.4) is 0 Å². The molecule has 0 bridgehead atoms. The molecule has 38 heavy (non-hydrogen) atoms. The SMILES string of the molecule is CCCCCC=CCC(=CCCCCCCCC)CCCCCCCCCCCCCCCCCCCC. The Kier molecular flexibility index (Phi) is 34.0. The second kappa shape index (κ2) is 34.5. The van der Waals surface area contributed by atoms with Gasteiger partial charge in [-0.2, -0.15) is 0 Å². The van der Waals surface area contributed by atoms with Crippen LogP contribution in [-0.4, -0.2) is 0 Å². The van der Waals surface area contributed by atoms with Crippen LogP contribution < -0.4 is 0 Å². The second-order valence-electron chi connectivity index (χ2n) is 12.4. The summed E-state index contributed by atoms with van der Waals surface area (Å²) in [5.41, 5.74) is 1.72. The van der Waals surface area contributed by atoms with Gasteiger partial charge in [0.05, 0.1) is 0 Å². The lowest BCUT2D eigenvalue weighted by atomic mass is 9.99. The first kappa shape index (κ1) is 37.5. The van der Waals surface area contributed by atoms with E-state index in [0.717, 1.165) is 0 Å². The Labute approximate surface area is 243 Å². The normalized spacial score (nSPS) is 12.2. The van der Waals surface area contributed by atoms with Crippen molar-refractivity contribution in [2.24, 2.45) is 0 Å². The first-order chi connectivity index (χ1) is 18.8. The van der Waals surface area contributed by atoms with Gasteiger partial charge in [-0.15, -0.1) is 0 Å². The van der Waals surface area contributed by atoms with Gasteiger partial charge in [0.25, 0.3) is 0 Å². The summed E-state index contributed by atoms with van der Waals surface area (Å²) >= 11 is 0. The molecule has 0 aromatic heterocycles. The molecule has 0 saturated carbocycles. The highest BCUT2D eigenvalue weighted by atomic mass is 14.1. The number of hydrogen-bond donors (Lipinski definition) is 0. The molecule has 226 valence electrons. The summed E-state index contributed by atoms with van der Waals surface area (Å²) in [4.78, 5) is 0. The Morgan fingerprint density at radius 1 is 0.342 bits per heavy atom. The summed E-state index contributed by atoms with van der Waals surface area (Å²) in [5, 5.41) is 0. The lowest BCUT2D eigenvalue weighted by molar-refractivity contribution is 0.525. The standard InChI is InChI=1S/C38H74/c1-4-7-10-13-16-17-18-19-20-21-22-23-24-25-26-28-31-34-37-38(35-32-29-15-12-9-6-3)36-33-30-27-14-11-8-5-2/h29,32,36H,4-28,30-31,33-35,37H2,1-3H3. The molecule has 0 aromatic rings.